The molecule has 2 unspecified atom stereocenters. The average molecular weight is 358 g/mol. The van der Waals surface area contributed by atoms with Gasteiger partial charge in [0, 0.05) is 22.5 Å². The van der Waals surface area contributed by atoms with Gasteiger partial charge in [-0.25, -0.2) is 10.1 Å². The molecule has 25 heavy (non-hydrogen) atoms. The second kappa shape index (κ2) is 6.54. The van der Waals surface area contributed by atoms with Crippen molar-refractivity contribution < 1.29 is 4.79 Å². The third kappa shape index (κ3) is 3.55. The highest BCUT2D eigenvalue weighted by atomic mass is 35.5. The predicted molar refractivity (Wildman–Crippen MR) is 96.0 cm³/mol. The molecule has 130 valence electrons. The fourth-order valence-corrected chi connectivity index (χ4v) is 3.07. The first-order valence-electron chi connectivity index (χ1n) is 8.44. The molecule has 2 atom stereocenters. The van der Waals surface area contributed by atoms with Crippen LogP contribution >= 0.6 is 11.6 Å². The molecule has 2 heterocycles. The number of hydrazine groups is 1. The number of amides is 1. The first-order valence-corrected chi connectivity index (χ1v) is 8.82. The highest BCUT2D eigenvalue weighted by molar-refractivity contribution is 6.30. The summed E-state index contributed by atoms with van der Waals surface area (Å²) in [7, 11) is 0. The lowest BCUT2D eigenvalue weighted by Gasteiger charge is -2.15. The van der Waals surface area contributed by atoms with E-state index in [1.165, 1.54) is 18.5 Å². The van der Waals surface area contributed by atoms with Gasteiger partial charge < -0.3 is 10.7 Å². The summed E-state index contributed by atoms with van der Waals surface area (Å²) in [6, 6.07) is 7.45. The Balaban J connectivity index is 1.42. The van der Waals surface area contributed by atoms with Gasteiger partial charge in [-0.15, -0.1) is 0 Å². The van der Waals surface area contributed by atoms with E-state index < -0.39 is 0 Å². The minimum absolute atomic E-state index is 0.0433. The highest BCUT2D eigenvalue weighted by Gasteiger charge is 2.30. The van der Waals surface area contributed by atoms with Gasteiger partial charge in [-0.05, 0) is 50.0 Å². The van der Waals surface area contributed by atoms with E-state index in [9.17, 15) is 4.79 Å². The van der Waals surface area contributed by atoms with Gasteiger partial charge in [-0.2, -0.15) is 5.10 Å². The first kappa shape index (κ1) is 16.2. The van der Waals surface area contributed by atoms with Crippen molar-refractivity contribution in [2.24, 2.45) is 5.92 Å². The minimum Gasteiger partial charge on any atom is -0.335 e. The fourth-order valence-electron chi connectivity index (χ4n) is 2.88. The minimum atomic E-state index is -0.298. The lowest BCUT2D eigenvalue weighted by atomic mass is 10.0. The number of nitrogens with zero attached hydrogens (tertiary/aromatic N) is 2. The molecule has 0 bridgehead atoms. The maximum Gasteiger partial charge on any atom is 0.228 e. The third-order valence-corrected chi connectivity index (χ3v) is 4.84. The molecule has 1 aliphatic heterocycles. The van der Waals surface area contributed by atoms with E-state index >= 15 is 0 Å². The van der Waals surface area contributed by atoms with Crippen LogP contribution < -0.4 is 16.2 Å². The van der Waals surface area contributed by atoms with Gasteiger partial charge >= 0.3 is 0 Å². The molecular formula is C18H20ClN5O. The Hall–Kier alpha value is -2.31. The molecule has 1 saturated carbocycles. The predicted octanol–water partition coefficient (Wildman–Crippen LogP) is 2.47. The van der Waals surface area contributed by atoms with Gasteiger partial charge in [-0.1, -0.05) is 17.7 Å². The number of carbonyl (C=O) groups is 1. The molecular weight excluding hydrogens is 338 g/mol. The Morgan fingerprint density at radius 3 is 3.04 bits per heavy atom. The van der Waals surface area contributed by atoms with Crippen molar-refractivity contribution in [2.75, 3.05) is 0 Å². The van der Waals surface area contributed by atoms with Crippen LogP contribution in [0.15, 0.2) is 48.4 Å². The van der Waals surface area contributed by atoms with E-state index in [0.717, 1.165) is 11.3 Å². The van der Waals surface area contributed by atoms with E-state index in [1.807, 2.05) is 37.4 Å². The van der Waals surface area contributed by atoms with Gasteiger partial charge in [0.15, 0.2) is 0 Å². The van der Waals surface area contributed by atoms with E-state index in [2.05, 4.69) is 27.3 Å². The maximum absolute atomic E-state index is 12.5. The number of nitrogens with one attached hydrogen (secondary N) is 3. The molecule has 1 amide bonds. The summed E-state index contributed by atoms with van der Waals surface area (Å²) in [5.41, 5.74) is 9.15. The van der Waals surface area contributed by atoms with Gasteiger partial charge in [-0.3, -0.25) is 4.79 Å². The van der Waals surface area contributed by atoms with Crippen molar-refractivity contribution in [2.45, 2.75) is 31.8 Å². The Labute approximate surface area is 151 Å². The van der Waals surface area contributed by atoms with Crippen molar-refractivity contribution in [3.05, 3.63) is 59.0 Å². The van der Waals surface area contributed by atoms with E-state index in [4.69, 9.17) is 11.6 Å². The quantitative estimate of drug-likeness (QED) is 0.768. The average Bonchev–Trinajstić information content (AvgIpc) is 3.15. The SMILES string of the molecule is CC(C(=O)NC1C=C(C2CC2)NN1)c1cnn(-c2cccc(Cl)c2)c1. The molecule has 7 heteroatoms. The van der Waals surface area contributed by atoms with Crippen molar-refractivity contribution in [1.82, 2.24) is 25.9 Å². The molecule has 3 N–H and O–H groups in total. The molecule has 1 fully saturated rings. The second-order valence-electron chi connectivity index (χ2n) is 6.57. The standard InChI is InChI=1S/C18H20ClN5O/c1-11(18(25)21-17-8-16(22-23-17)12-5-6-12)13-9-20-24(10-13)15-4-2-3-14(19)7-15/h2-4,7-12,17,22-23H,5-6H2,1H3,(H,21,25). The zero-order valence-electron chi connectivity index (χ0n) is 13.9. The van der Waals surface area contributed by atoms with E-state index in [0.29, 0.717) is 10.9 Å². The van der Waals surface area contributed by atoms with Crippen molar-refractivity contribution >= 4 is 17.5 Å². The second-order valence-corrected chi connectivity index (χ2v) is 7.01. The molecule has 2 aliphatic rings. The number of aromatic nitrogens is 2. The van der Waals surface area contributed by atoms with Gasteiger partial charge in [0.2, 0.25) is 5.91 Å². The van der Waals surface area contributed by atoms with Gasteiger partial charge in [0.05, 0.1) is 17.8 Å². The summed E-state index contributed by atoms with van der Waals surface area (Å²) in [5, 5.41) is 8.00. The summed E-state index contributed by atoms with van der Waals surface area (Å²) in [5.74, 6) is 0.286. The molecule has 2 aromatic rings. The number of benzene rings is 1. The Bertz CT molecular complexity index is 826. The molecule has 6 nitrogen and oxygen atoms in total. The van der Waals surface area contributed by atoms with Crippen molar-refractivity contribution in [3.63, 3.8) is 0 Å². The zero-order chi connectivity index (χ0) is 17.4. The normalized spacial score (nSPS) is 20.7. The summed E-state index contributed by atoms with van der Waals surface area (Å²) >= 11 is 6.02. The summed E-state index contributed by atoms with van der Waals surface area (Å²) in [6.07, 6.45) is 7.91. The summed E-state index contributed by atoms with van der Waals surface area (Å²) in [4.78, 5) is 12.5. The Morgan fingerprint density at radius 2 is 2.28 bits per heavy atom. The van der Waals surface area contributed by atoms with Crippen LogP contribution in [0.3, 0.4) is 0 Å². The first-order chi connectivity index (χ1) is 12.1. The monoisotopic (exact) mass is 357 g/mol. The van der Waals surface area contributed by atoms with Crippen LogP contribution in [0, 0.1) is 5.92 Å². The number of rotatable bonds is 5. The summed E-state index contributed by atoms with van der Waals surface area (Å²) < 4.78 is 1.73. The molecule has 4 rings (SSSR count). The van der Waals surface area contributed by atoms with Crippen LogP contribution in [-0.2, 0) is 4.79 Å². The number of halogens is 1. The molecule has 0 radical (unpaired) electrons. The molecule has 1 aliphatic carbocycles. The lowest BCUT2D eigenvalue weighted by molar-refractivity contribution is -0.122. The van der Waals surface area contributed by atoms with Crippen LogP contribution in [0.25, 0.3) is 5.69 Å². The van der Waals surface area contributed by atoms with Gasteiger partial charge in [0.1, 0.15) is 6.17 Å². The third-order valence-electron chi connectivity index (χ3n) is 4.60. The smallest absolute Gasteiger partial charge is 0.228 e. The molecule has 0 spiro atoms. The van der Waals surface area contributed by atoms with Crippen LogP contribution in [0.2, 0.25) is 5.02 Å². The number of carbonyl (C=O) groups excluding carboxylic acids is 1. The Morgan fingerprint density at radius 1 is 1.44 bits per heavy atom. The number of allylic oxidation sites excluding steroid dienone is 1. The van der Waals surface area contributed by atoms with Crippen LogP contribution in [0.5, 0.6) is 0 Å². The number of hydrogen-bond acceptors (Lipinski definition) is 4. The topological polar surface area (TPSA) is 71.0 Å². The lowest BCUT2D eigenvalue weighted by Crippen LogP contribution is -2.46. The van der Waals surface area contributed by atoms with Crippen LogP contribution in [-0.4, -0.2) is 21.9 Å². The maximum atomic E-state index is 12.5. The fraction of sp³-hybridized carbons (Fsp3) is 0.333. The van der Waals surface area contributed by atoms with Gasteiger partial charge in [0.25, 0.3) is 0 Å². The zero-order valence-corrected chi connectivity index (χ0v) is 14.6. The summed E-state index contributed by atoms with van der Waals surface area (Å²) in [6.45, 7) is 1.88. The van der Waals surface area contributed by atoms with Crippen LogP contribution in [0.4, 0.5) is 0 Å². The van der Waals surface area contributed by atoms with E-state index in [1.54, 1.807) is 10.9 Å². The molecule has 1 aromatic carbocycles. The van der Waals surface area contributed by atoms with Crippen molar-refractivity contribution in [1.29, 1.82) is 0 Å². The molecule has 0 saturated heterocycles. The molecule has 1 aromatic heterocycles. The largest absolute Gasteiger partial charge is 0.335 e. The van der Waals surface area contributed by atoms with Crippen LogP contribution in [0.1, 0.15) is 31.2 Å². The Kier molecular flexibility index (Phi) is 4.23. The highest BCUT2D eigenvalue weighted by Crippen LogP contribution is 2.35. The van der Waals surface area contributed by atoms with E-state index in [-0.39, 0.29) is 18.0 Å². The van der Waals surface area contributed by atoms with Crippen molar-refractivity contribution in [3.8, 4) is 5.69 Å². The number of hydrogen-bond donors (Lipinski definition) is 3.